The molecule has 0 spiro atoms. The Morgan fingerprint density at radius 1 is 0.960 bits per heavy atom. The molecule has 0 saturated carbocycles. The minimum atomic E-state index is -3.55. The van der Waals surface area contributed by atoms with Gasteiger partial charge < -0.3 is 9.88 Å². The van der Waals surface area contributed by atoms with Crippen LogP contribution >= 0.6 is 0 Å². The topological polar surface area (TPSA) is 85.2 Å². The lowest BCUT2D eigenvalue weighted by Crippen LogP contribution is -2.32. The molecule has 1 aromatic carbocycles. The fraction of sp³-hybridized carbons (Fsp3) is 0.294. The molecule has 2 aromatic rings. The zero-order valence-electron chi connectivity index (χ0n) is 13.4. The number of hydrogen-bond donors (Lipinski definition) is 1. The lowest BCUT2D eigenvalue weighted by Gasteiger charge is -2.25. The summed E-state index contributed by atoms with van der Waals surface area (Å²) < 4.78 is 50.3. The van der Waals surface area contributed by atoms with E-state index in [2.05, 4.69) is 5.32 Å². The van der Waals surface area contributed by atoms with E-state index >= 15 is 0 Å². The van der Waals surface area contributed by atoms with Crippen molar-refractivity contribution in [1.29, 1.82) is 0 Å². The van der Waals surface area contributed by atoms with Crippen LogP contribution in [-0.4, -0.2) is 39.0 Å². The number of sulfone groups is 2. The van der Waals surface area contributed by atoms with Gasteiger partial charge in [0.2, 0.25) is 9.84 Å². The Bertz CT molecular complexity index is 1040. The van der Waals surface area contributed by atoms with E-state index < -0.39 is 19.7 Å². The van der Waals surface area contributed by atoms with E-state index in [0.717, 1.165) is 0 Å². The lowest BCUT2D eigenvalue weighted by atomic mass is 10.1. The summed E-state index contributed by atoms with van der Waals surface area (Å²) in [7, 11) is -6.50. The predicted octanol–water partition coefficient (Wildman–Crippen LogP) is 2.11. The third kappa shape index (κ3) is 3.00. The first-order valence-corrected chi connectivity index (χ1v) is 11.4. The van der Waals surface area contributed by atoms with Gasteiger partial charge in [-0.2, -0.15) is 0 Å². The molecular formula is C17H18N2O4S2. The Balaban J connectivity index is 1.70. The molecule has 1 saturated heterocycles. The predicted molar refractivity (Wildman–Crippen MR) is 96.7 cm³/mol. The lowest BCUT2D eigenvalue weighted by molar-refractivity contribution is 0.559. The molecule has 8 heteroatoms. The minimum absolute atomic E-state index is 0.0409. The number of benzene rings is 1. The number of aromatic nitrogens is 1. The molecule has 132 valence electrons. The highest BCUT2D eigenvalue weighted by Crippen LogP contribution is 2.39. The van der Waals surface area contributed by atoms with Gasteiger partial charge in [0.25, 0.3) is 0 Å². The maximum absolute atomic E-state index is 12.7. The van der Waals surface area contributed by atoms with Gasteiger partial charge in [-0.05, 0) is 31.0 Å². The first-order chi connectivity index (χ1) is 11.9. The summed E-state index contributed by atoms with van der Waals surface area (Å²) in [6.45, 7) is 0. The largest absolute Gasteiger partial charge is 0.381 e. The Morgan fingerprint density at radius 3 is 2.32 bits per heavy atom. The Labute approximate surface area is 147 Å². The summed E-state index contributed by atoms with van der Waals surface area (Å²) in [5.41, 5.74) is 1.82. The second-order valence-electron chi connectivity index (χ2n) is 6.39. The van der Waals surface area contributed by atoms with Crippen molar-refractivity contribution in [3.05, 3.63) is 53.7 Å². The van der Waals surface area contributed by atoms with Gasteiger partial charge in [0.15, 0.2) is 0 Å². The quantitative estimate of drug-likeness (QED) is 0.884. The molecule has 4 rings (SSSR count). The number of nitrogens with zero attached hydrogens (tertiary/aromatic N) is 1. The molecule has 1 N–H and O–H groups in total. The number of hydrogen-bond acceptors (Lipinski definition) is 5. The van der Waals surface area contributed by atoms with Crippen molar-refractivity contribution in [2.45, 2.75) is 23.8 Å². The van der Waals surface area contributed by atoms with Crippen LogP contribution in [0.3, 0.4) is 0 Å². The van der Waals surface area contributed by atoms with Crippen LogP contribution in [0, 0.1) is 0 Å². The van der Waals surface area contributed by atoms with Crippen LogP contribution < -0.4 is 5.32 Å². The van der Waals surface area contributed by atoms with Crippen molar-refractivity contribution in [1.82, 2.24) is 4.57 Å². The maximum atomic E-state index is 12.7. The van der Waals surface area contributed by atoms with Crippen LogP contribution in [-0.2, 0) is 19.7 Å². The van der Waals surface area contributed by atoms with Gasteiger partial charge in [0, 0.05) is 24.0 Å². The summed E-state index contributed by atoms with van der Waals surface area (Å²) >= 11 is 0. The van der Waals surface area contributed by atoms with Crippen molar-refractivity contribution in [2.24, 2.45) is 0 Å². The number of anilines is 1. The zero-order chi connectivity index (χ0) is 17.7. The third-order valence-corrected chi connectivity index (χ3v) is 7.90. The summed E-state index contributed by atoms with van der Waals surface area (Å²) in [4.78, 5) is 0.270. The second-order valence-corrected chi connectivity index (χ2v) is 10.4. The van der Waals surface area contributed by atoms with Gasteiger partial charge in [-0.1, -0.05) is 12.1 Å². The zero-order valence-corrected chi connectivity index (χ0v) is 15.1. The highest BCUT2D eigenvalue weighted by Gasteiger charge is 2.32. The van der Waals surface area contributed by atoms with E-state index in [1.165, 1.54) is 5.41 Å². The SMILES string of the molecule is O=S1(=O)CCC(Nc2cccc3c2S(=O)(=O)C=C3n2cccc2)CC1. The van der Waals surface area contributed by atoms with Gasteiger partial charge in [-0.15, -0.1) is 0 Å². The molecule has 0 atom stereocenters. The van der Waals surface area contributed by atoms with Gasteiger partial charge in [-0.25, -0.2) is 16.8 Å². The smallest absolute Gasteiger partial charge is 0.204 e. The van der Waals surface area contributed by atoms with Gasteiger partial charge in [-0.3, -0.25) is 0 Å². The minimum Gasteiger partial charge on any atom is -0.381 e. The summed E-state index contributed by atoms with van der Waals surface area (Å²) in [6.07, 6.45) is 4.60. The molecule has 0 bridgehead atoms. The van der Waals surface area contributed by atoms with Crippen LogP contribution in [0.1, 0.15) is 18.4 Å². The number of rotatable bonds is 3. The highest BCUT2D eigenvalue weighted by atomic mass is 32.2. The van der Waals surface area contributed by atoms with Crippen LogP contribution in [0.2, 0.25) is 0 Å². The van der Waals surface area contributed by atoms with Crippen molar-refractivity contribution in [3.8, 4) is 0 Å². The molecule has 6 nitrogen and oxygen atoms in total. The van der Waals surface area contributed by atoms with Crippen LogP contribution in [0.25, 0.3) is 5.70 Å². The van der Waals surface area contributed by atoms with E-state index in [1.54, 1.807) is 16.7 Å². The standard InChI is InChI=1S/C17H18N2O4S2/c20-24(21)10-6-13(7-11-24)18-15-5-3-4-14-16(19-8-1-2-9-19)12-25(22,23)17(14)15/h1-5,8-9,12-13,18H,6-7,10-11H2. The Morgan fingerprint density at radius 2 is 1.64 bits per heavy atom. The van der Waals surface area contributed by atoms with E-state index in [4.69, 9.17) is 0 Å². The average Bonchev–Trinajstić information content (AvgIpc) is 3.16. The second kappa shape index (κ2) is 5.74. The average molecular weight is 378 g/mol. The molecule has 2 aliphatic rings. The number of nitrogens with one attached hydrogen (secondary N) is 1. The van der Waals surface area contributed by atoms with Gasteiger partial charge >= 0.3 is 0 Å². The van der Waals surface area contributed by atoms with Crippen LogP contribution in [0.4, 0.5) is 5.69 Å². The molecule has 2 aliphatic heterocycles. The fourth-order valence-corrected chi connectivity index (χ4v) is 6.44. The van der Waals surface area contributed by atoms with Crippen molar-refractivity contribution in [2.75, 3.05) is 16.8 Å². The Kier molecular flexibility index (Phi) is 3.77. The van der Waals surface area contributed by atoms with Crippen LogP contribution in [0.15, 0.2) is 53.0 Å². The van der Waals surface area contributed by atoms with Crippen LogP contribution in [0.5, 0.6) is 0 Å². The van der Waals surface area contributed by atoms with Crippen molar-refractivity contribution < 1.29 is 16.8 Å². The van der Waals surface area contributed by atoms with E-state index in [9.17, 15) is 16.8 Å². The Hall–Kier alpha value is -2.06. The van der Waals surface area contributed by atoms with Crippen molar-refractivity contribution in [3.63, 3.8) is 0 Å². The molecule has 1 aromatic heterocycles. The monoisotopic (exact) mass is 378 g/mol. The molecule has 25 heavy (non-hydrogen) atoms. The van der Waals surface area contributed by atoms with Gasteiger partial charge in [0.05, 0.1) is 28.3 Å². The van der Waals surface area contributed by atoms with E-state index in [-0.39, 0.29) is 22.4 Å². The summed E-state index contributed by atoms with van der Waals surface area (Å²) in [5.74, 6) is 0.276. The highest BCUT2D eigenvalue weighted by molar-refractivity contribution is 7.95. The molecular weight excluding hydrogens is 360 g/mol. The molecule has 3 heterocycles. The molecule has 0 amide bonds. The van der Waals surface area contributed by atoms with Crippen molar-refractivity contribution >= 4 is 31.1 Å². The maximum Gasteiger partial charge on any atom is 0.204 e. The number of fused-ring (bicyclic) bond motifs is 1. The van der Waals surface area contributed by atoms with Gasteiger partial charge in [0.1, 0.15) is 14.7 Å². The molecule has 0 radical (unpaired) electrons. The fourth-order valence-electron chi connectivity index (χ4n) is 3.38. The molecule has 1 fully saturated rings. The summed E-state index contributed by atoms with van der Waals surface area (Å²) in [5, 5.41) is 4.54. The van der Waals surface area contributed by atoms with E-state index in [0.29, 0.717) is 29.8 Å². The third-order valence-electron chi connectivity index (χ3n) is 4.64. The first kappa shape index (κ1) is 16.4. The first-order valence-electron chi connectivity index (χ1n) is 8.06. The molecule has 0 unspecified atom stereocenters. The molecule has 0 aliphatic carbocycles. The summed E-state index contributed by atoms with van der Waals surface area (Å²) in [6, 6.07) is 9.00. The van der Waals surface area contributed by atoms with E-state index in [1.807, 2.05) is 30.6 Å². The normalized spacial score (nSPS) is 21.5.